The quantitative estimate of drug-likeness (QED) is 0.576. The third-order valence-corrected chi connectivity index (χ3v) is 12.0. The van der Waals surface area contributed by atoms with Crippen LogP contribution in [0.2, 0.25) is 5.04 Å². The van der Waals surface area contributed by atoms with Gasteiger partial charge in [-0.3, -0.25) is 0 Å². The van der Waals surface area contributed by atoms with Crippen LogP contribution in [0.4, 0.5) is 0 Å². The number of fused-ring (bicyclic) bond motifs is 1. The Bertz CT molecular complexity index is 772. The van der Waals surface area contributed by atoms with Gasteiger partial charge in [-0.25, -0.2) is 0 Å². The van der Waals surface area contributed by atoms with Crippen molar-refractivity contribution < 1.29 is 9.22 Å². The first kappa shape index (κ1) is 18.6. The van der Waals surface area contributed by atoms with Gasteiger partial charge in [-0.2, -0.15) is 0 Å². The Morgan fingerprint density at radius 1 is 1.00 bits per heavy atom. The molecule has 0 radical (unpaired) electrons. The van der Waals surface area contributed by atoms with Gasteiger partial charge in [-0.05, 0) is 39.6 Å². The Labute approximate surface area is 164 Å². The van der Waals surface area contributed by atoms with Crippen molar-refractivity contribution in [1.29, 1.82) is 0 Å². The first-order valence-electron chi connectivity index (χ1n) is 10.1. The van der Waals surface area contributed by atoms with Crippen LogP contribution in [0.15, 0.2) is 60.7 Å². The van der Waals surface area contributed by atoms with Crippen molar-refractivity contribution in [3.05, 3.63) is 60.7 Å². The molecular weight excluding hydrogens is 348 g/mol. The number of aldehydes is 1. The zero-order chi connectivity index (χ0) is 19.3. The van der Waals surface area contributed by atoms with Crippen LogP contribution in [-0.2, 0) is 9.22 Å². The molecule has 2 aliphatic rings. The van der Waals surface area contributed by atoms with Gasteiger partial charge < -0.3 is 9.22 Å². The highest BCUT2D eigenvalue weighted by Gasteiger charge is 2.66. The molecule has 2 fully saturated rings. The van der Waals surface area contributed by atoms with E-state index in [4.69, 9.17) is 4.43 Å². The highest BCUT2D eigenvalue weighted by Crippen LogP contribution is 2.66. The number of hydrogen-bond donors (Lipinski definition) is 0. The average Bonchev–Trinajstić information content (AvgIpc) is 3.24. The molecule has 2 nitrogen and oxygen atoms in total. The van der Waals surface area contributed by atoms with E-state index in [1.807, 2.05) is 0 Å². The van der Waals surface area contributed by atoms with Gasteiger partial charge >= 0.3 is 0 Å². The molecule has 3 heteroatoms. The average molecular weight is 379 g/mol. The fourth-order valence-electron chi connectivity index (χ4n) is 5.34. The summed E-state index contributed by atoms with van der Waals surface area (Å²) >= 11 is 0. The SMILES string of the molecule is CC(C)(C)[Si](O[C@H]1[C@H](C=O)CC2C[C@@]21C)(c1ccccc1)c1ccccc1. The van der Waals surface area contributed by atoms with Crippen LogP contribution < -0.4 is 10.4 Å². The van der Waals surface area contributed by atoms with Crippen molar-refractivity contribution in [2.45, 2.75) is 51.7 Å². The van der Waals surface area contributed by atoms with Gasteiger partial charge in [-0.1, -0.05) is 88.4 Å². The molecule has 2 aromatic carbocycles. The Morgan fingerprint density at radius 2 is 1.52 bits per heavy atom. The summed E-state index contributed by atoms with van der Waals surface area (Å²) < 4.78 is 7.30. The van der Waals surface area contributed by atoms with Gasteiger partial charge in [0.2, 0.25) is 0 Å². The number of carbonyl (C=O) groups is 1. The molecule has 142 valence electrons. The molecule has 27 heavy (non-hydrogen) atoms. The third-order valence-electron chi connectivity index (χ3n) is 6.95. The van der Waals surface area contributed by atoms with E-state index >= 15 is 0 Å². The van der Waals surface area contributed by atoms with E-state index in [1.165, 1.54) is 16.8 Å². The summed E-state index contributed by atoms with van der Waals surface area (Å²) in [7, 11) is -2.59. The zero-order valence-corrected chi connectivity index (χ0v) is 17.8. The molecule has 2 aliphatic carbocycles. The summed E-state index contributed by atoms with van der Waals surface area (Å²) in [6.07, 6.45) is 3.36. The molecular formula is C24H30O2Si. The summed E-state index contributed by atoms with van der Waals surface area (Å²) in [6, 6.07) is 21.5. The molecule has 0 saturated heterocycles. The number of carbonyl (C=O) groups excluding carboxylic acids is 1. The van der Waals surface area contributed by atoms with Gasteiger partial charge in [-0.15, -0.1) is 0 Å². The fourth-order valence-corrected chi connectivity index (χ4v) is 10.2. The first-order valence-corrected chi connectivity index (χ1v) is 12.0. The number of hydrogen-bond acceptors (Lipinski definition) is 2. The van der Waals surface area contributed by atoms with E-state index < -0.39 is 8.32 Å². The molecule has 0 amide bonds. The van der Waals surface area contributed by atoms with Crippen LogP contribution in [0.3, 0.4) is 0 Å². The summed E-state index contributed by atoms with van der Waals surface area (Å²) in [4.78, 5) is 11.9. The van der Waals surface area contributed by atoms with E-state index in [1.54, 1.807) is 0 Å². The van der Waals surface area contributed by atoms with E-state index in [-0.39, 0.29) is 22.5 Å². The first-order chi connectivity index (χ1) is 12.8. The maximum atomic E-state index is 11.9. The minimum Gasteiger partial charge on any atom is -0.403 e. The number of benzene rings is 2. The van der Waals surface area contributed by atoms with Gasteiger partial charge in [0.25, 0.3) is 8.32 Å². The molecule has 2 aromatic rings. The van der Waals surface area contributed by atoms with Crippen LogP contribution >= 0.6 is 0 Å². The van der Waals surface area contributed by atoms with Crippen molar-refractivity contribution in [3.8, 4) is 0 Å². The maximum Gasteiger partial charge on any atom is 0.261 e. The van der Waals surface area contributed by atoms with Gasteiger partial charge in [0.15, 0.2) is 0 Å². The molecule has 0 aromatic heterocycles. The van der Waals surface area contributed by atoms with Crippen LogP contribution in [-0.4, -0.2) is 20.7 Å². The standard InChI is InChI=1S/C24H30O2Si/c1-23(2,3)27(20-11-7-5-8-12-20,21-13-9-6-10-14-21)26-22-18(17-25)15-19-16-24(19,22)4/h5-14,17-19,22H,15-16H2,1-4H3/t18-,19?,22-,24-/m0/s1. The van der Waals surface area contributed by atoms with Crippen LogP contribution in [0.1, 0.15) is 40.5 Å². The molecule has 0 bridgehead atoms. The predicted octanol–water partition coefficient (Wildman–Crippen LogP) is 4.18. The Morgan fingerprint density at radius 3 is 1.96 bits per heavy atom. The monoisotopic (exact) mass is 378 g/mol. The van der Waals surface area contributed by atoms with Crippen LogP contribution in [0.25, 0.3) is 0 Å². The molecule has 4 atom stereocenters. The Kier molecular flexibility index (Phi) is 4.43. The molecule has 0 spiro atoms. The smallest absolute Gasteiger partial charge is 0.261 e. The van der Waals surface area contributed by atoms with Crippen LogP contribution in [0, 0.1) is 17.3 Å². The minimum atomic E-state index is -2.59. The summed E-state index contributed by atoms with van der Waals surface area (Å²) in [5.41, 5.74) is 0.165. The second-order valence-corrected chi connectivity index (χ2v) is 13.9. The van der Waals surface area contributed by atoms with E-state index in [2.05, 4.69) is 88.4 Å². The highest BCUT2D eigenvalue weighted by atomic mass is 28.4. The summed E-state index contributed by atoms with van der Waals surface area (Å²) in [5.74, 6) is 0.673. The highest BCUT2D eigenvalue weighted by molar-refractivity contribution is 6.99. The summed E-state index contributed by atoms with van der Waals surface area (Å²) in [5, 5.41) is 2.54. The van der Waals surface area contributed by atoms with Crippen molar-refractivity contribution in [2.24, 2.45) is 17.3 Å². The third kappa shape index (κ3) is 2.83. The van der Waals surface area contributed by atoms with E-state index in [0.29, 0.717) is 5.92 Å². The second-order valence-electron chi connectivity index (χ2n) is 9.64. The lowest BCUT2D eigenvalue weighted by Crippen LogP contribution is -2.68. The van der Waals surface area contributed by atoms with Gasteiger partial charge in [0.05, 0.1) is 6.10 Å². The van der Waals surface area contributed by atoms with Crippen LogP contribution in [0.5, 0.6) is 0 Å². The zero-order valence-electron chi connectivity index (χ0n) is 16.8. The van der Waals surface area contributed by atoms with E-state index in [0.717, 1.165) is 12.7 Å². The lowest BCUT2D eigenvalue weighted by molar-refractivity contribution is -0.114. The predicted molar refractivity (Wildman–Crippen MR) is 113 cm³/mol. The second kappa shape index (κ2) is 6.42. The minimum absolute atomic E-state index is 0.0197. The van der Waals surface area contributed by atoms with Crippen molar-refractivity contribution in [1.82, 2.24) is 0 Å². The topological polar surface area (TPSA) is 26.3 Å². The lowest BCUT2D eigenvalue weighted by atomic mass is 9.96. The summed E-state index contributed by atoms with van der Waals surface area (Å²) in [6.45, 7) is 9.23. The Balaban J connectivity index is 1.89. The molecule has 0 N–H and O–H groups in total. The number of rotatable bonds is 5. The molecule has 0 heterocycles. The van der Waals surface area contributed by atoms with E-state index in [9.17, 15) is 4.79 Å². The van der Waals surface area contributed by atoms with Gasteiger partial charge in [0.1, 0.15) is 6.29 Å². The van der Waals surface area contributed by atoms with Crippen molar-refractivity contribution in [3.63, 3.8) is 0 Å². The van der Waals surface area contributed by atoms with Crippen molar-refractivity contribution >= 4 is 25.0 Å². The molecule has 2 saturated carbocycles. The van der Waals surface area contributed by atoms with Crippen molar-refractivity contribution in [2.75, 3.05) is 0 Å². The maximum absolute atomic E-state index is 11.9. The largest absolute Gasteiger partial charge is 0.403 e. The Hall–Kier alpha value is -1.71. The molecule has 4 rings (SSSR count). The molecule has 0 aliphatic heterocycles. The van der Waals surface area contributed by atoms with Gasteiger partial charge in [0, 0.05) is 5.92 Å². The normalized spacial score (nSPS) is 30.0. The molecule has 1 unspecified atom stereocenters. The fraction of sp³-hybridized carbons (Fsp3) is 0.458. The lowest BCUT2D eigenvalue weighted by Gasteiger charge is -2.46.